The van der Waals surface area contributed by atoms with E-state index >= 15 is 0 Å². The van der Waals surface area contributed by atoms with Crippen molar-refractivity contribution >= 4 is 29.3 Å². The Kier molecular flexibility index (Phi) is 6.78. The minimum Gasteiger partial charge on any atom is -0.365 e. The van der Waals surface area contributed by atoms with Gasteiger partial charge in [-0.25, -0.2) is 4.98 Å². The third-order valence-electron chi connectivity index (χ3n) is 6.47. The van der Waals surface area contributed by atoms with Crippen molar-refractivity contribution in [2.45, 2.75) is 64.6 Å². The van der Waals surface area contributed by atoms with E-state index in [0.717, 1.165) is 49.9 Å². The van der Waals surface area contributed by atoms with Gasteiger partial charge in [0.2, 0.25) is 11.9 Å². The second kappa shape index (κ2) is 9.74. The zero-order chi connectivity index (χ0) is 23.5. The van der Waals surface area contributed by atoms with Gasteiger partial charge < -0.3 is 27.0 Å². The third-order valence-corrected chi connectivity index (χ3v) is 6.47. The fraction of sp³-hybridized carbons (Fsp3) is 0.500. The number of amides is 2. The Balaban J connectivity index is 1.56. The highest BCUT2D eigenvalue weighted by atomic mass is 16.2. The molecule has 9 heteroatoms. The highest BCUT2D eigenvalue weighted by Gasteiger charge is 2.24. The quantitative estimate of drug-likeness (QED) is 0.529. The number of carbonyl (C=O) groups excluding carboxylic acids is 2. The molecule has 2 heterocycles. The lowest BCUT2D eigenvalue weighted by Crippen LogP contribution is -2.43. The van der Waals surface area contributed by atoms with Crippen molar-refractivity contribution in [2.24, 2.45) is 17.4 Å². The van der Waals surface area contributed by atoms with Crippen molar-refractivity contribution in [3.05, 3.63) is 41.1 Å². The van der Waals surface area contributed by atoms with E-state index in [4.69, 9.17) is 11.5 Å². The van der Waals surface area contributed by atoms with E-state index in [1.165, 1.54) is 11.8 Å². The molecule has 0 saturated heterocycles. The SMILES string of the molecule is CC(C)C(=O)N1CCc2ccc(Nc3nc(NC4CCCCC4N)ncc3C(N)=O)cc2C1. The van der Waals surface area contributed by atoms with Gasteiger partial charge in [0.15, 0.2) is 0 Å². The zero-order valence-corrected chi connectivity index (χ0v) is 19.3. The molecule has 176 valence electrons. The molecule has 2 aliphatic rings. The van der Waals surface area contributed by atoms with Gasteiger partial charge in [-0.05, 0) is 42.5 Å². The molecule has 0 radical (unpaired) electrons. The number of nitrogens with one attached hydrogen (secondary N) is 2. The van der Waals surface area contributed by atoms with Crippen molar-refractivity contribution in [2.75, 3.05) is 17.2 Å². The molecule has 2 amide bonds. The van der Waals surface area contributed by atoms with Crippen LogP contribution in [0.1, 0.15) is 61.0 Å². The van der Waals surface area contributed by atoms with E-state index in [-0.39, 0.29) is 29.5 Å². The Morgan fingerprint density at radius 1 is 1.18 bits per heavy atom. The van der Waals surface area contributed by atoms with E-state index < -0.39 is 5.91 Å². The fourth-order valence-corrected chi connectivity index (χ4v) is 4.56. The Hall–Kier alpha value is -3.20. The summed E-state index contributed by atoms with van der Waals surface area (Å²) in [6.45, 7) is 5.14. The number of benzene rings is 1. The molecule has 1 aliphatic heterocycles. The van der Waals surface area contributed by atoms with Gasteiger partial charge >= 0.3 is 0 Å². The molecule has 2 unspecified atom stereocenters. The summed E-state index contributed by atoms with van der Waals surface area (Å²) in [4.78, 5) is 35.2. The lowest BCUT2D eigenvalue weighted by molar-refractivity contribution is -0.135. The van der Waals surface area contributed by atoms with Gasteiger partial charge in [0.1, 0.15) is 11.4 Å². The molecular weight excluding hydrogens is 418 g/mol. The lowest BCUT2D eigenvalue weighted by Gasteiger charge is -2.30. The smallest absolute Gasteiger partial charge is 0.254 e. The van der Waals surface area contributed by atoms with Crippen LogP contribution in [-0.2, 0) is 17.8 Å². The van der Waals surface area contributed by atoms with Crippen LogP contribution in [0.3, 0.4) is 0 Å². The molecule has 1 aromatic heterocycles. The van der Waals surface area contributed by atoms with Crippen LogP contribution in [0.4, 0.5) is 17.5 Å². The first-order valence-electron chi connectivity index (χ1n) is 11.7. The zero-order valence-electron chi connectivity index (χ0n) is 19.3. The number of anilines is 3. The van der Waals surface area contributed by atoms with Crippen molar-refractivity contribution in [3.63, 3.8) is 0 Å². The summed E-state index contributed by atoms with van der Waals surface area (Å²) in [6.07, 6.45) is 6.43. The summed E-state index contributed by atoms with van der Waals surface area (Å²) < 4.78 is 0. The van der Waals surface area contributed by atoms with Crippen LogP contribution >= 0.6 is 0 Å². The van der Waals surface area contributed by atoms with Crippen molar-refractivity contribution in [1.82, 2.24) is 14.9 Å². The van der Waals surface area contributed by atoms with E-state index in [9.17, 15) is 9.59 Å². The van der Waals surface area contributed by atoms with Crippen LogP contribution in [-0.4, -0.2) is 45.3 Å². The van der Waals surface area contributed by atoms with Gasteiger partial charge in [-0.3, -0.25) is 9.59 Å². The minimum absolute atomic E-state index is 0.0322. The summed E-state index contributed by atoms with van der Waals surface area (Å²) >= 11 is 0. The lowest BCUT2D eigenvalue weighted by atomic mass is 9.91. The summed E-state index contributed by atoms with van der Waals surface area (Å²) in [6, 6.07) is 6.16. The summed E-state index contributed by atoms with van der Waals surface area (Å²) in [5.41, 5.74) is 15.1. The van der Waals surface area contributed by atoms with Crippen LogP contribution in [0.15, 0.2) is 24.4 Å². The third kappa shape index (κ3) is 5.24. The molecule has 1 saturated carbocycles. The molecular formula is C24H33N7O2. The molecule has 33 heavy (non-hydrogen) atoms. The molecule has 9 nitrogen and oxygen atoms in total. The number of hydrogen-bond donors (Lipinski definition) is 4. The van der Waals surface area contributed by atoms with E-state index in [2.05, 4.69) is 26.7 Å². The maximum Gasteiger partial charge on any atom is 0.254 e. The standard InChI is InChI=1S/C24H33N7O2/c1-14(2)23(33)31-10-9-15-7-8-17(11-16(15)13-31)28-22-18(21(26)32)12-27-24(30-22)29-20-6-4-3-5-19(20)25/h7-8,11-12,14,19-20H,3-6,9-10,13,25H2,1-2H3,(H2,26,32)(H2,27,28,29,30). The number of aromatic nitrogens is 2. The van der Waals surface area contributed by atoms with E-state index in [1.54, 1.807) is 0 Å². The molecule has 0 bridgehead atoms. The molecule has 1 fully saturated rings. The van der Waals surface area contributed by atoms with Gasteiger partial charge in [-0.15, -0.1) is 0 Å². The normalized spacial score (nSPS) is 20.3. The molecule has 0 spiro atoms. The average molecular weight is 452 g/mol. The summed E-state index contributed by atoms with van der Waals surface area (Å²) in [5.74, 6) is 0.273. The average Bonchev–Trinajstić information content (AvgIpc) is 2.79. The Bertz CT molecular complexity index is 1040. The van der Waals surface area contributed by atoms with Gasteiger partial charge in [0, 0.05) is 43.0 Å². The molecule has 1 aliphatic carbocycles. The monoisotopic (exact) mass is 451 g/mol. The Morgan fingerprint density at radius 2 is 1.97 bits per heavy atom. The predicted molar refractivity (Wildman–Crippen MR) is 128 cm³/mol. The van der Waals surface area contributed by atoms with Crippen LogP contribution in [0.25, 0.3) is 0 Å². The number of primary amides is 1. The van der Waals surface area contributed by atoms with E-state index in [1.807, 2.05) is 30.9 Å². The molecule has 2 aromatic rings. The highest BCUT2D eigenvalue weighted by molar-refractivity contribution is 5.98. The Morgan fingerprint density at radius 3 is 2.70 bits per heavy atom. The first kappa shape index (κ1) is 23.0. The number of nitrogens with two attached hydrogens (primary N) is 2. The summed E-state index contributed by atoms with van der Waals surface area (Å²) in [7, 11) is 0. The van der Waals surface area contributed by atoms with Crippen molar-refractivity contribution in [3.8, 4) is 0 Å². The highest BCUT2D eigenvalue weighted by Crippen LogP contribution is 2.27. The van der Waals surface area contributed by atoms with Crippen LogP contribution < -0.4 is 22.1 Å². The van der Waals surface area contributed by atoms with Crippen molar-refractivity contribution < 1.29 is 9.59 Å². The second-order valence-electron chi connectivity index (χ2n) is 9.29. The second-order valence-corrected chi connectivity index (χ2v) is 9.29. The largest absolute Gasteiger partial charge is 0.365 e. The maximum absolute atomic E-state index is 12.5. The van der Waals surface area contributed by atoms with Gasteiger partial charge in [-0.1, -0.05) is 32.8 Å². The number of rotatable bonds is 6. The number of carbonyl (C=O) groups is 2. The summed E-state index contributed by atoms with van der Waals surface area (Å²) in [5, 5.41) is 6.55. The fourth-order valence-electron chi connectivity index (χ4n) is 4.56. The first-order chi connectivity index (χ1) is 15.8. The topological polar surface area (TPSA) is 139 Å². The number of nitrogens with zero attached hydrogens (tertiary/aromatic N) is 3. The molecule has 6 N–H and O–H groups in total. The predicted octanol–water partition coefficient (Wildman–Crippen LogP) is 2.54. The number of fused-ring (bicyclic) bond motifs is 1. The van der Waals surface area contributed by atoms with Crippen LogP contribution in [0, 0.1) is 5.92 Å². The molecule has 1 aromatic carbocycles. The minimum atomic E-state index is -0.606. The first-order valence-corrected chi connectivity index (χ1v) is 11.7. The van der Waals surface area contributed by atoms with Gasteiger partial charge in [0.05, 0.1) is 0 Å². The molecule has 4 rings (SSSR count). The van der Waals surface area contributed by atoms with Crippen molar-refractivity contribution in [1.29, 1.82) is 0 Å². The molecule has 2 atom stereocenters. The van der Waals surface area contributed by atoms with Gasteiger partial charge in [0.25, 0.3) is 5.91 Å². The van der Waals surface area contributed by atoms with Gasteiger partial charge in [-0.2, -0.15) is 4.98 Å². The van der Waals surface area contributed by atoms with E-state index in [0.29, 0.717) is 18.3 Å². The van der Waals surface area contributed by atoms with Crippen LogP contribution in [0.5, 0.6) is 0 Å². The van der Waals surface area contributed by atoms with Crippen LogP contribution in [0.2, 0.25) is 0 Å². The Labute approximate surface area is 194 Å². The number of hydrogen-bond acceptors (Lipinski definition) is 7. The maximum atomic E-state index is 12.5.